The van der Waals surface area contributed by atoms with Crippen molar-refractivity contribution in [1.29, 1.82) is 5.41 Å². The van der Waals surface area contributed by atoms with Crippen molar-refractivity contribution in [2.24, 2.45) is 0 Å². The number of thioether (sulfide) groups is 1. The van der Waals surface area contributed by atoms with Gasteiger partial charge in [-0.25, -0.2) is 4.79 Å². The Morgan fingerprint density at radius 2 is 1.81 bits per heavy atom. The second kappa shape index (κ2) is 7.96. The van der Waals surface area contributed by atoms with Crippen LogP contribution >= 0.6 is 11.8 Å². The van der Waals surface area contributed by atoms with Crippen LogP contribution in [0.5, 0.6) is 17.2 Å². The molecule has 1 saturated heterocycles. The number of rotatable bonds is 5. The van der Waals surface area contributed by atoms with E-state index in [4.69, 9.17) is 19.6 Å². The van der Waals surface area contributed by atoms with Crippen LogP contribution in [0.15, 0.2) is 47.4 Å². The van der Waals surface area contributed by atoms with E-state index in [9.17, 15) is 9.59 Å². The maximum atomic E-state index is 12.4. The van der Waals surface area contributed by atoms with Crippen LogP contribution in [-0.4, -0.2) is 31.3 Å². The van der Waals surface area contributed by atoms with Gasteiger partial charge in [0.1, 0.15) is 5.75 Å². The van der Waals surface area contributed by atoms with Gasteiger partial charge in [0.15, 0.2) is 16.7 Å². The Morgan fingerprint density at radius 3 is 2.41 bits per heavy atom. The van der Waals surface area contributed by atoms with Crippen LogP contribution in [0.1, 0.15) is 15.9 Å². The zero-order valence-corrected chi connectivity index (χ0v) is 15.4. The highest BCUT2D eigenvalue weighted by molar-refractivity contribution is 8.18. The van der Waals surface area contributed by atoms with Gasteiger partial charge in [-0.1, -0.05) is 6.07 Å². The molecule has 2 aromatic rings. The van der Waals surface area contributed by atoms with Gasteiger partial charge in [0.2, 0.25) is 0 Å². The third kappa shape index (κ3) is 4.29. The Morgan fingerprint density at radius 1 is 1.07 bits per heavy atom. The summed E-state index contributed by atoms with van der Waals surface area (Å²) in [6.07, 6.45) is 1.62. The number of ether oxygens (including phenoxy) is 3. The summed E-state index contributed by atoms with van der Waals surface area (Å²) in [4.78, 5) is 24.5. The molecule has 1 aliphatic rings. The first-order chi connectivity index (χ1) is 13.0. The number of amidine groups is 1. The second-order valence-electron chi connectivity index (χ2n) is 5.42. The zero-order valence-electron chi connectivity index (χ0n) is 14.6. The maximum Gasteiger partial charge on any atom is 0.343 e. The Bertz CT molecular complexity index is 938. The van der Waals surface area contributed by atoms with E-state index in [2.05, 4.69) is 5.32 Å². The first-order valence-electron chi connectivity index (χ1n) is 7.84. The van der Waals surface area contributed by atoms with Crippen molar-refractivity contribution in [1.82, 2.24) is 5.32 Å². The lowest BCUT2D eigenvalue weighted by molar-refractivity contribution is -0.115. The van der Waals surface area contributed by atoms with E-state index in [1.54, 1.807) is 55.7 Å². The van der Waals surface area contributed by atoms with E-state index in [1.807, 2.05) is 0 Å². The van der Waals surface area contributed by atoms with Gasteiger partial charge in [-0.2, -0.15) is 0 Å². The van der Waals surface area contributed by atoms with Gasteiger partial charge in [-0.05, 0) is 59.8 Å². The largest absolute Gasteiger partial charge is 0.497 e. The molecule has 1 heterocycles. The number of hydrogen-bond acceptors (Lipinski definition) is 7. The lowest BCUT2D eigenvalue weighted by Gasteiger charge is -2.10. The molecule has 138 valence electrons. The van der Waals surface area contributed by atoms with Crippen molar-refractivity contribution in [2.45, 2.75) is 0 Å². The minimum Gasteiger partial charge on any atom is -0.497 e. The van der Waals surface area contributed by atoms with Crippen LogP contribution in [0.25, 0.3) is 6.08 Å². The van der Waals surface area contributed by atoms with Gasteiger partial charge in [0, 0.05) is 0 Å². The molecule has 2 aromatic carbocycles. The second-order valence-corrected chi connectivity index (χ2v) is 6.47. The smallest absolute Gasteiger partial charge is 0.343 e. The molecule has 0 bridgehead atoms. The standard InChI is InChI=1S/C19H16N2O5S/c1-24-13-6-4-12(5-7-13)18(23)26-15-9-11(3-8-14(15)25-2)10-16-17(22)21-19(20)27-16/h3-10H,1-2H3,(H2,20,21,22)/b16-10-. The SMILES string of the molecule is COc1ccc(C(=O)Oc2cc(/C=C3\SC(=N)NC3=O)ccc2OC)cc1. The summed E-state index contributed by atoms with van der Waals surface area (Å²) >= 11 is 1.03. The number of carbonyl (C=O) groups is 2. The lowest BCUT2D eigenvalue weighted by Crippen LogP contribution is -2.18. The molecule has 0 radical (unpaired) electrons. The Kier molecular flexibility index (Phi) is 5.46. The highest BCUT2D eigenvalue weighted by Gasteiger charge is 2.22. The van der Waals surface area contributed by atoms with Gasteiger partial charge < -0.3 is 19.5 Å². The molecule has 0 unspecified atom stereocenters. The van der Waals surface area contributed by atoms with E-state index in [0.29, 0.717) is 27.5 Å². The number of nitrogens with one attached hydrogen (secondary N) is 2. The molecule has 0 saturated carbocycles. The molecule has 8 heteroatoms. The summed E-state index contributed by atoms with van der Waals surface area (Å²) in [5, 5.41) is 9.97. The highest BCUT2D eigenvalue weighted by atomic mass is 32.2. The molecule has 1 fully saturated rings. The van der Waals surface area contributed by atoms with Crippen LogP contribution in [0, 0.1) is 5.41 Å². The average molecular weight is 384 g/mol. The van der Waals surface area contributed by atoms with Crippen molar-refractivity contribution >= 4 is 34.9 Å². The number of benzene rings is 2. The van der Waals surface area contributed by atoms with Crippen molar-refractivity contribution in [3.05, 3.63) is 58.5 Å². The third-order valence-corrected chi connectivity index (χ3v) is 4.51. The molecule has 0 aromatic heterocycles. The molecular weight excluding hydrogens is 368 g/mol. The van der Waals surface area contributed by atoms with Crippen LogP contribution in [0.2, 0.25) is 0 Å². The molecule has 0 aliphatic carbocycles. The fraction of sp³-hybridized carbons (Fsp3) is 0.105. The summed E-state index contributed by atoms with van der Waals surface area (Å²) in [6.45, 7) is 0. The highest BCUT2D eigenvalue weighted by Crippen LogP contribution is 2.32. The molecule has 7 nitrogen and oxygen atoms in total. The van der Waals surface area contributed by atoms with Gasteiger partial charge in [-0.3, -0.25) is 10.2 Å². The van der Waals surface area contributed by atoms with Crippen molar-refractivity contribution in [3.8, 4) is 17.2 Å². The topological polar surface area (TPSA) is 97.7 Å². The predicted molar refractivity (Wildman–Crippen MR) is 102 cm³/mol. The number of hydrogen-bond donors (Lipinski definition) is 2. The minimum absolute atomic E-state index is 0.0749. The monoisotopic (exact) mass is 384 g/mol. The molecule has 1 aliphatic heterocycles. The summed E-state index contributed by atoms with van der Waals surface area (Å²) in [7, 11) is 3.02. The molecule has 0 atom stereocenters. The quantitative estimate of drug-likeness (QED) is 0.467. The first-order valence-corrected chi connectivity index (χ1v) is 8.65. The zero-order chi connectivity index (χ0) is 19.4. The number of methoxy groups -OCH3 is 2. The van der Waals surface area contributed by atoms with Crippen molar-refractivity contribution in [2.75, 3.05) is 14.2 Å². The van der Waals surface area contributed by atoms with E-state index in [-0.39, 0.29) is 16.8 Å². The van der Waals surface area contributed by atoms with Gasteiger partial charge >= 0.3 is 5.97 Å². The van der Waals surface area contributed by atoms with Crippen LogP contribution < -0.4 is 19.5 Å². The Hall–Kier alpha value is -3.26. The average Bonchev–Trinajstić information content (AvgIpc) is 2.99. The van der Waals surface area contributed by atoms with E-state index < -0.39 is 5.97 Å². The first kappa shape index (κ1) is 18.5. The number of carbonyl (C=O) groups excluding carboxylic acids is 2. The normalized spacial score (nSPS) is 14.8. The van der Waals surface area contributed by atoms with Crippen molar-refractivity contribution in [3.63, 3.8) is 0 Å². The Labute approximate surface area is 159 Å². The molecule has 27 heavy (non-hydrogen) atoms. The van der Waals surface area contributed by atoms with Crippen LogP contribution in [-0.2, 0) is 4.79 Å². The van der Waals surface area contributed by atoms with Crippen LogP contribution in [0.3, 0.4) is 0 Å². The maximum absolute atomic E-state index is 12.4. The fourth-order valence-electron chi connectivity index (χ4n) is 2.34. The molecule has 1 amide bonds. The summed E-state index contributed by atoms with van der Waals surface area (Å²) < 4.78 is 15.8. The van der Waals surface area contributed by atoms with E-state index in [0.717, 1.165) is 11.8 Å². The number of esters is 1. The molecular formula is C19H16N2O5S. The number of amides is 1. The summed E-state index contributed by atoms with van der Waals surface area (Å²) in [5.74, 6) is 0.366. The van der Waals surface area contributed by atoms with E-state index >= 15 is 0 Å². The predicted octanol–water partition coefficient (Wildman–Crippen LogP) is 3.06. The van der Waals surface area contributed by atoms with Gasteiger partial charge in [0.05, 0.1) is 24.7 Å². The molecule has 3 rings (SSSR count). The lowest BCUT2D eigenvalue weighted by atomic mass is 10.1. The minimum atomic E-state index is -0.546. The third-order valence-electron chi connectivity index (χ3n) is 3.68. The van der Waals surface area contributed by atoms with Gasteiger partial charge in [0.25, 0.3) is 5.91 Å². The van der Waals surface area contributed by atoms with Gasteiger partial charge in [-0.15, -0.1) is 0 Å². The Balaban J connectivity index is 1.85. The van der Waals surface area contributed by atoms with Crippen molar-refractivity contribution < 1.29 is 23.8 Å². The van der Waals surface area contributed by atoms with Crippen LogP contribution in [0.4, 0.5) is 0 Å². The summed E-state index contributed by atoms with van der Waals surface area (Å²) in [5.41, 5.74) is 1.00. The molecule has 0 spiro atoms. The fourth-order valence-corrected chi connectivity index (χ4v) is 3.04. The molecule has 2 N–H and O–H groups in total. The summed E-state index contributed by atoms with van der Waals surface area (Å²) in [6, 6.07) is 11.5. The van der Waals surface area contributed by atoms with E-state index in [1.165, 1.54) is 7.11 Å².